The van der Waals surface area contributed by atoms with Gasteiger partial charge in [-0.05, 0) is 48.5 Å². The summed E-state index contributed by atoms with van der Waals surface area (Å²) in [6, 6.07) is 14.8. The van der Waals surface area contributed by atoms with Gasteiger partial charge in [0.25, 0.3) is 0 Å². The molecule has 1 aliphatic heterocycles. The molecule has 2 N–H and O–H groups in total. The van der Waals surface area contributed by atoms with Gasteiger partial charge in [0.05, 0.1) is 0 Å². The zero-order valence-corrected chi connectivity index (χ0v) is 15.9. The average Bonchev–Trinajstić information content (AvgIpc) is 2.65. The number of amides is 2. The Balaban J connectivity index is 1.35. The molecule has 0 unspecified atom stereocenters. The number of piperazine rings is 1. The number of rotatable bonds is 5. The van der Waals surface area contributed by atoms with Gasteiger partial charge in [0.15, 0.2) is 0 Å². The van der Waals surface area contributed by atoms with Crippen molar-refractivity contribution in [2.75, 3.05) is 49.5 Å². The molecule has 7 heteroatoms. The zero-order valence-electron chi connectivity index (χ0n) is 14.4. The van der Waals surface area contributed by atoms with E-state index in [0.29, 0.717) is 11.6 Å². The van der Waals surface area contributed by atoms with Crippen molar-refractivity contribution in [1.29, 1.82) is 0 Å². The normalized spacial score (nSPS) is 14.9. The lowest BCUT2D eigenvalue weighted by atomic mass is 10.2. The molecule has 0 aromatic heterocycles. The predicted octanol–water partition coefficient (Wildman–Crippen LogP) is 3.94. The van der Waals surface area contributed by atoms with E-state index in [9.17, 15) is 4.79 Å². The highest BCUT2D eigenvalue weighted by Gasteiger charge is 2.17. The molecular formula is C19H22Cl2N4O. The lowest BCUT2D eigenvalue weighted by molar-refractivity contribution is 0.240. The largest absolute Gasteiger partial charge is 0.369 e. The van der Waals surface area contributed by atoms with Crippen LogP contribution in [0, 0.1) is 0 Å². The van der Waals surface area contributed by atoms with Crippen LogP contribution in [0.1, 0.15) is 0 Å². The van der Waals surface area contributed by atoms with E-state index in [1.54, 1.807) is 24.3 Å². The van der Waals surface area contributed by atoms with Gasteiger partial charge in [-0.15, -0.1) is 0 Å². The lowest BCUT2D eigenvalue weighted by Gasteiger charge is -2.36. The summed E-state index contributed by atoms with van der Waals surface area (Å²) in [5.74, 6) is 0. The maximum Gasteiger partial charge on any atom is 0.319 e. The number of urea groups is 1. The van der Waals surface area contributed by atoms with Crippen molar-refractivity contribution < 1.29 is 4.79 Å². The minimum Gasteiger partial charge on any atom is -0.369 e. The van der Waals surface area contributed by atoms with Crippen molar-refractivity contribution in [3.8, 4) is 0 Å². The van der Waals surface area contributed by atoms with Gasteiger partial charge in [0.2, 0.25) is 0 Å². The molecule has 0 radical (unpaired) electrons. The highest BCUT2D eigenvalue weighted by Crippen LogP contribution is 2.19. The zero-order chi connectivity index (χ0) is 18.4. The molecule has 1 aliphatic rings. The summed E-state index contributed by atoms with van der Waals surface area (Å²) in [6.45, 7) is 5.34. The van der Waals surface area contributed by atoms with Crippen molar-refractivity contribution in [1.82, 2.24) is 10.2 Å². The summed E-state index contributed by atoms with van der Waals surface area (Å²) in [4.78, 5) is 16.6. The maximum absolute atomic E-state index is 11.9. The number of nitrogens with one attached hydrogen (secondary N) is 2. The van der Waals surface area contributed by atoms with E-state index in [1.807, 2.05) is 12.1 Å². The molecule has 0 bridgehead atoms. The van der Waals surface area contributed by atoms with Crippen LogP contribution < -0.4 is 15.5 Å². The SMILES string of the molecule is O=C(NCCN1CCN(c2ccc(Cl)cc2)CC1)Nc1ccc(Cl)cc1. The Morgan fingerprint density at radius 2 is 1.46 bits per heavy atom. The summed E-state index contributed by atoms with van der Waals surface area (Å²) in [5.41, 5.74) is 1.93. The first kappa shape index (κ1) is 18.8. The van der Waals surface area contributed by atoms with E-state index in [4.69, 9.17) is 23.2 Å². The molecule has 2 amide bonds. The summed E-state index contributed by atoms with van der Waals surface area (Å²) >= 11 is 11.8. The Morgan fingerprint density at radius 3 is 2.08 bits per heavy atom. The number of nitrogens with zero attached hydrogens (tertiary/aromatic N) is 2. The molecule has 1 saturated heterocycles. The third-order valence-electron chi connectivity index (χ3n) is 4.38. The molecule has 2 aromatic rings. The minimum absolute atomic E-state index is 0.202. The molecule has 1 fully saturated rings. The number of hydrogen-bond acceptors (Lipinski definition) is 3. The summed E-state index contributed by atoms with van der Waals surface area (Å²) in [5, 5.41) is 7.09. The standard InChI is InChI=1S/C19H22Cl2N4O/c20-15-1-5-17(6-2-15)23-19(26)22-9-10-24-11-13-25(14-12-24)18-7-3-16(21)4-8-18/h1-8H,9-14H2,(H2,22,23,26). The molecule has 1 heterocycles. The minimum atomic E-state index is -0.202. The fourth-order valence-electron chi connectivity index (χ4n) is 2.92. The van der Waals surface area contributed by atoms with E-state index in [0.717, 1.165) is 43.4 Å². The van der Waals surface area contributed by atoms with Gasteiger partial charge >= 0.3 is 6.03 Å². The molecular weight excluding hydrogens is 371 g/mol. The first-order valence-corrected chi connectivity index (χ1v) is 9.39. The highest BCUT2D eigenvalue weighted by atomic mass is 35.5. The van der Waals surface area contributed by atoms with Crippen molar-refractivity contribution in [3.63, 3.8) is 0 Å². The van der Waals surface area contributed by atoms with E-state index >= 15 is 0 Å². The van der Waals surface area contributed by atoms with Crippen LogP contribution in [0.3, 0.4) is 0 Å². The van der Waals surface area contributed by atoms with E-state index < -0.39 is 0 Å². The predicted molar refractivity (Wildman–Crippen MR) is 109 cm³/mol. The molecule has 0 atom stereocenters. The second-order valence-electron chi connectivity index (χ2n) is 6.19. The third-order valence-corrected chi connectivity index (χ3v) is 4.88. The van der Waals surface area contributed by atoms with Crippen molar-refractivity contribution >= 4 is 40.6 Å². The monoisotopic (exact) mass is 392 g/mol. The molecule has 138 valence electrons. The van der Waals surface area contributed by atoms with Gasteiger partial charge < -0.3 is 15.5 Å². The number of halogens is 2. The summed E-state index contributed by atoms with van der Waals surface area (Å²) in [6.07, 6.45) is 0. The van der Waals surface area contributed by atoms with Gasteiger partial charge in [-0.1, -0.05) is 23.2 Å². The fourth-order valence-corrected chi connectivity index (χ4v) is 3.17. The first-order valence-electron chi connectivity index (χ1n) is 8.63. The topological polar surface area (TPSA) is 47.6 Å². The van der Waals surface area contributed by atoms with Crippen LogP contribution in [-0.2, 0) is 0 Å². The Kier molecular flexibility index (Phi) is 6.61. The molecule has 5 nitrogen and oxygen atoms in total. The quantitative estimate of drug-likeness (QED) is 0.809. The fraction of sp³-hybridized carbons (Fsp3) is 0.316. The van der Waals surface area contributed by atoms with Gasteiger partial charge in [-0.25, -0.2) is 4.79 Å². The molecule has 0 saturated carbocycles. The number of anilines is 2. The maximum atomic E-state index is 11.9. The summed E-state index contributed by atoms with van der Waals surface area (Å²) < 4.78 is 0. The Bertz CT molecular complexity index is 713. The lowest BCUT2D eigenvalue weighted by Crippen LogP contribution is -2.48. The Labute approximate surface area is 163 Å². The smallest absolute Gasteiger partial charge is 0.319 e. The Morgan fingerprint density at radius 1 is 0.885 bits per heavy atom. The third kappa shape index (κ3) is 5.53. The van der Waals surface area contributed by atoms with Gasteiger partial charge in [0.1, 0.15) is 0 Å². The van der Waals surface area contributed by atoms with Crippen molar-refractivity contribution in [2.45, 2.75) is 0 Å². The average molecular weight is 393 g/mol. The molecule has 0 aliphatic carbocycles. The van der Waals surface area contributed by atoms with Crippen LogP contribution in [0.4, 0.5) is 16.2 Å². The van der Waals surface area contributed by atoms with Crippen LogP contribution in [0.25, 0.3) is 0 Å². The van der Waals surface area contributed by atoms with Crippen LogP contribution in [0.15, 0.2) is 48.5 Å². The molecule has 2 aromatic carbocycles. The highest BCUT2D eigenvalue weighted by molar-refractivity contribution is 6.30. The molecule has 0 spiro atoms. The van der Waals surface area contributed by atoms with E-state index in [-0.39, 0.29) is 6.03 Å². The van der Waals surface area contributed by atoms with Crippen LogP contribution in [-0.4, -0.2) is 50.2 Å². The van der Waals surface area contributed by atoms with Gasteiger partial charge in [-0.3, -0.25) is 4.90 Å². The first-order chi connectivity index (χ1) is 12.6. The van der Waals surface area contributed by atoms with Crippen LogP contribution >= 0.6 is 23.2 Å². The molecule has 3 rings (SSSR count). The second kappa shape index (κ2) is 9.12. The van der Waals surface area contributed by atoms with Gasteiger partial charge in [0, 0.05) is 60.7 Å². The van der Waals surface area contributed by atoms with Crippen LogP contribution in [0.2, 0.25) is 10.0 Å². The summed E-state index contributed by atoms with van der Waals surface area (Å²) in [7, 11) is 0. The van der Waals surface area contributed by atoms with Crippen LogP contribution in [0.5, 0.6) is 0 Å². The van der Waals surface area contributed by atoms with E-state index in [2.05, 4.69) is 32.6 Å². The van der Waals surface area contributed by atoms with Gasteiger partial charge in [-0.2, -0.15) is 0 Å². The number of benzene rings is 2. The van der Waals surface area contributed by atoms with Crippen molar-refractivity contribution in [3.05, 3.63) is 58.6 Å². The second-order valence-corrected chi connectivity index (χ2v) is 7.07. The number of carbonyl (C=O) groups excluding carboxylic acids is 1. The van der Waals surface area contributed by atoms with Crippen molar-refractivity contribution in [2.24, 2.45) is 0 Å². The number of carbonyl (C=O) groups is 1. The molecule has 26 heavy (non-hydrogen) atoms. The Hall–Kier alpha value is -1.95. The van der Waals surface area contributed by atoms with E-state index in [1.165, 1.54) is 5.69 Å². The number of hydrogen-bond donors (Lipinski definition) is 2.